The molecule has 0 aromatic heterocycles. The van der Waals surface area contributed by atoms with E-state index in [1.54, 1.807) is 0 Å². The topological polar surface area (TPSA) is 33.5 Å². The van der Waals surface area contributed by atoms with Gasteiger partial charge in [-0.2, -0.15) is 0 Å². The smallest absolute Gasteiger partial charge is 0.279 e. The Labute approximate surface area is 147 Å². The molecule has 1 aromatic carbocycles. The van der Waals surface area contributed by atoms with Gasteiger partial charge in [-0.15, -0.1) is 0 Å². The monoisotopic (exact) mass is 331 g/mol. The molecule has 2 atom stereocenters. The number of benzene rings is 1. The second-order valence-electron chi connectivity index (χ2n) is 8.45. The van der Waals surface area contributed by atoms with Gasteiger partial charge in [0.15, 0.2) is 6.54 Å². The van der Waals surface area contributed by atoms with E-state index in [0.29, 0.717) is 30.2 Å². The molecule has 0 aliphatic carbocycles. The van der Waals surface area contributed by atoms with Crippen molar-refractivity contribution in [3.05, 3.63) is 29.3 Å². The lowest BCUT2D eigenvalue weighted by atomic mass is 9.91. The van der Waals surface area contributed by atoms with Gasteiger partial charge in [-0.05, 0) is 29.4 Å². The van der Waals surface area contributed by atoms with E-state index < -0.39 is 0 Å². The minimum atomic E-state index is 0.154. The van der Waals surface area contributed by atoms with Crippen molar-refractivity contribution >= 4 is 11.6 Å². The van der Waals surface area contributed by atoms with Gasteiger partial charge in [0.05, 0.1) is 13.1 Å². The maximum absolute atomic E-state index is 12.7. The molecule has 134 valence electrons. The molecule has 3 heteroatoms. The highest BCUT2D eigenvalue weighted by Gasteiger charge is 2.27. The first-order valence-corrected chi connectivity index (χ1v) is 9.54. The number of anilines is 1. The first-order valence-electron chi connectivity index (χ1n) is 9.54. The number of carbonyl (C=O) groups excluding carboxylic acids is 1. The summed E-state index contributed by atoms with van der Waals surface area (Å²) in [6.45, 7) is 16.2. The molecule has 1 heterocycles. The van der Waals surface area contributed by atoms with Crippen molar-refractivity contribution in [1.82, 2.24) is 0 Å². The van der Waals surface area contributed by atoms with E-state index in [-0.39, 0.29) is 5.91 Å². The number of quaternary nitrogens is 1. The summed E-state index contributed by atoms with van der Waals surface area (Å²) in [5.41, 5.74) is 3.53. The zero-order chi connectivity index (χ0) is 17.9. The van der Waals surface area contributed by atoms with Gasteiger partial charge in [-0.1, -0.05) is 59.7 Å². The molecule has 1 amide bonds. The second-order valence-corrected chi connectivity index (χ2v) is 8.45. The summed E-state index contributed by atoms with van der Waals surface area (Å²) in [5, 5.41) is 3.26. The number of para-hydroxylation sites is 1. The van der Waals surface area contributed by atoms with E-state index in [1.807, 2.05) is 0 Å². The first kappa shape index (κ1) is 19.0. The third kappa shape index (κ3) is 4.83. The zero-order valence-corrected chi connectivity index (χ0v) is 16.3. The molecule has 2 rings (SSSR count). The van der Waals surface area contributed by atoms with Crippen LogP contribution in [0.15, 0.2) is 18.2 Å². The molecule has 1 fully saturated rings. The summed E-state index contributed by atoms with van der Waals surface area (Å²) in [5.74, 6) is 2.39. The van der Waals surface area contributed by atoms with Crippen LogP contribution < -0.4 is 10.2 Å². The van der Waals surface area contributed by atoms with Gasteiger partial charge in [-0.3, -0.25) is 4.79 Å². The lowest BCUT2D eigenvalue weighted by Crippen LogP contribution is -3.15. The van der Waals surface area contributed by atoms with Gasteiger partial charge in [0.1, 0.15) is 0 Å². The highest BCUT2D eigenvalue weighted by atomic mass is 16.2. The SMILES string of the molecule is CC(C)c1cccc(C(C)C)c1NC(=O)C[NH+]1C[C@H](C)C[C@@H](C)C1. The summed E-state index contributed by atoms with van der Waals surface area (Å²) in [6, 6.07) is 6.40. The Morgan fingerprint density at radius 2 is 1.58 bits per heavy atom. The van der Waals surface area contributed by atoms with Gasteiger partial charge in [-0.25, -0.2) is 0 Å². The molecule has 0 saturated carbocycles. The third-order valence-corrected chi connectivity index (χ3v) is 5.13. The highest BCUT2D eigenvalue weighted by molar-refractivity contribution is 5.93. The molecule has 0 spiro atoms. The summed E-state index contributed by atoms with van der Waals surface area (Å²) in [7, 11) is 0. The number of hydrogen-bond acceptors (Lipinski definition) is 1. The maximum Gasteiger partial charge on any atom is 0.279 e. The van der Waals surface area contributed by atoms with Crippen LogP contribution in [-0.2, 0) is 4.79 Å². The van der Waals surface area contributed by atoms with Crippen LogP contribution in [0.2, 0.25) is 0 Å². The molecular weight excluding hydrogens is 296 g/mol. The Hall–Kier alpha value is -1.35. The minimum Gasteiger partial charge on any atom is -0.327 e. The average Bonchev–Trinajstić information content (AvgIpc) is 2.45. The fourth-order valence-corrected chi connectivity index (χ4v) is 4.17. The van der Waals surface area contributed by atoms with Gasteiger partial charge < -0.3 is 10.2 Å². The standard InChI is InChI=1S/C21H34N2O/c1-14(2)18-8-7-9-19(15(3)4)21(18)22-20(24)13-23-11-16(5)10-17(6)12-23/h7-9,14-17H,10-13H2,1-6H3,(H,22,24)/p+1/t16-,17-/m1/s1. The number of nitrogens with one attached hydrogen (secondary N) is 2. The van der Waals surface area contributed by atoms with Crippen molar-refractivity contribution in [3.8, 4) is 0 Å². The van der Waals surface area contributed by atoms with Crippen LogP contribution in [0.5, 0.6) is 0 Å². The molecule has 2 N–H and O–H groups in total. The van der Waals surface area contributed by atoms with Crippen LogP contribution in [0.25, 0.3) is 0 Å². The number of piperidine rings is 1. The van der Waals surface area contributed by atoms with Crippen LogP contribution in [0.3, 0.4) is 0 Å². The first-order chi connectivity index (χ1) is 11.3. The van der Waals surface area contributed by atoms with Crippen molar-refractivity contribution < 1.29 is 9.69 Å². The van der Waals surface area contributed by atoms with Crippen molar-refractivity contribution in [2.75, 3.05) is 25.0 Å². The second kappa shape index (κ2) is 8.15. The third-order valence-electron chi connectivity index (χ3n) is 5.13. The number of rotatable bonds is 5. The van der Waals surface area contributed by atoms with Crippen LogP contribution >= 0.6 is 0 Å². The average molecular weight is 332 g/mol. The molecule has 0 bridgehead atoms. The molecule has 0 radical (unpaired) electrons. The van der Waals surface area contributed by atoms with Crippen molar-refractivity contribution in [2.45, 2.75) is 59.8 Å². The molecule has 1 aliphatic heterocycles. The Morgan fingerprint density at radius 3 is 2.04 bits per heavy atom. The quantitative estimate of drug-likeness (QED) is 0.851. The normalized spacial score (nSPS) is 24.4. The van der Waals surface area contributed by atoms with Crippen molar-refractivity contribution in [3.63, 3.8) is 0 Å². The Balaban J connectivity index is 2.13. The van der Waals surface area contributed by atoms with Crippen LogP contribution in [0.1, 0.15) is 70.9 Å². The highest BCUT2D eigenvalue weighted by Crippen LogP contribution is 2.32. The van der Waals surface area contributed by atoms with Crippen LogP contribution in [0, 0.1) is 11.8 Å². The fourth-order valence-electron chi connectivity index (χ4n) is 4.17. The molecule has 24 heavy (non-hydrogen) atoms. The van der Waals surface area contributed by atoms with E-state index in [9.17, 15) is 4.79 Å². The lowest BCUT2D eigenvalue weighted by Gasteiger charge is -2.31. The molecule has 0 unspecified atom stereocenters. The van der Waals surface area contributed by atoms with Gasteiger partial charge in [0.25, 0.3) is 5.91 Å². The van der Waals surface area contributed by atoms with E-state index >= 15 is 0 Å². The van der Waals surface area contributed by atoms with Gasteiger partial charge in [0.2, 0.25) is 0 Å². The lowest BCUT2D eigenvalue weighted by molar-refractivity contribution is -0.904. The van der Waals surface area contributed by atoms with Gasteiger partial charge >= 0.3 is 0 Å². The molecule has 1 saturated heterocycles. The Bertz CT molecular complexity index is 529. The number of hydrogen-bond donors (Lipinski definition) is 2. The molecular formula is C21H35N2O+. The fraction of sp³-hybridized carbons (Fsp3) is 0.667. The predicted molar refractivity (Wildman–Crippen MR) is 102 cm³/mol. The predicted octanol–water partition coefficient (Wildman–Crippen LogP) is 3.43. The summed E-state index contributed by atoms with van der Waals surface area (Å²) in [6.07, 6.45) is 1.29. The largest absolute Gasteiger partial charge is 0.327 e. The maximum atomic E-state index is 12.7. The van der Waals surface area contributed by atoms with Crippen molar-refractivity contribution in [2.24, 2.45) is 11.8 Å². The van der Waals surface area contributed by atoms with E-state index in [1.165, 1.54) is 22.4 Å². The van der Waals surface area contributed by atoms with Crippen LogP contribution in [-0.4, -0.2) is 25.5 Å². The zero-order valence-electron chi connectivity index (χ0n) is 16.3. The summed E-state index contributed by atoms with van der Waals surface area (Å²) >= 11 is 0. The number of amides is 1. The minimum absolute atomic E-state index is 0.154. The summed E-state index contributed by atoms with van der Waals surface area (Å²) in [4.78, 5) is 14.1. The Morgan fingerprint density at radius 1 is 1.08 bits per heavy atom. The molecule has 3 nitrogen and oxygen atoms in total. The van der Waals surface area contributed by atoms with E-state index in [4.69, 9.17) is 0 Å². The van der Waals surface area contributed by atoms with Crippen LogP contribution in [0.4, 0.5) is 5.69 Å². The van der Waals surface area contributed by atoms with E-state index in [0.717, 1.165) is 18.8 Å². The molecule has 1 aromatic rings. The molecule has 1 aliphatic rings. The number of likely N-dealkylation sites (tertiary alicyclic amines) is 1. The van der Waals surface area contributed by atoms with E-state index in [2.05, 4.69) is 65.1 Å². The van der Waals surface area contributed by atoms with Crippen molar-refractivity contribution in [1.29, 1.82) is 0 Å². The Kier molecular flexibility index (Phi) is 6.45. The summed E-state index contributed by atoms with van der Waals surface area (Å²) < 4.78 is 0. The number of carbonyl (C=O) groups is 1. The van der Waals surface area contributed by atoms with Gasteiger partial charge in [0, 0.05) is 17.5 Å².